The van der Waals surface area contributed by atoms with E-state index in [-0.39, 0.29) is 24.6 Å². The average molecular weight is 501 g/mol. The summed E-state index contributed by atoms with van der Waals surface area (Å²) >= 11 is 0. The first-order valence-electron chi connectivity index (χ1n) is 12.0. The summed E-state index contributed by atoms with van der Waals surface area (Å²) in [7, 11) is 0. The fourth-order valence-corrected chi connectivity index (χ4v) is 5.21. The number of aliphatic hydroxyl groups excluding tert-OH is 1. The molecule has 3 heterocycles. The molecule has 3 N–H and O–H groups in total. The molecule has 3 aromatic rings. The van der Waals surface area contributed by atoms with Crippen LogP contribution in [0.4, 0.5) is 19.0 Å². The van der Waals surface area contributed by atoms with Gasteiger partial charge in [0.1, 0.15) is 5.82 Å². The van der Waals surface area contributed by atoms with E-state index in [1.165, 1.54) is 6.07 Å². The first-order chi connectivity index (χ1) is 17.1. The molecule has 2 aliphatic rings. The van der Waals surface area contributed by atoms with Gasteiger partial charge < -0.3 is 20.5 Å². The number of pyridine rings is 2. The smallest absolute Gasteiger partial charge is 0.393 e. The highest BCUT2D eigenvalue weighted by atomic mass is 19.4. The molecule has 1 amide bonds. The first-order valence-corrected chi connectivity index (χ1v) is 12.0. The Labute approximate surface area is 206 Å². The number of nitrogens with zero attached hydrogens (tertiary/aromatic N) is 3. The highest BCUT2D eigenvalue weighted by molar-refractivity contribution is 5.99. The van der Waals surface area contributed by atoms with E-state index in [1.54, 1.807) is 23.1 Å². The standard InChI is InChI=1S/C26H27F3N4O3/c1-14-23-21(13-36-14)20-9-15(5-8-22(20)32-24(23)30)25(35)33(18-3-2-4-19(34)10-18)12-17-7-6-16(11-31-17)26(27,28)29/h5-9,11,14,18-19,34H,2-4,10,12-13H2,1H3,(H2,30,32). The van der Waals surface area contributed by atoms with E-state index in [4.69, 9.17) is 10.5 Å². The topological polar surface area (TPSA) is 102 Å². The number of nitrogens with two attached hydrogens (primary N) is 1. The molecule has 2 aromatic heterocycles. The number of ether oxygens (including phenoxy) is 1. The maximum absolute atomic E-state index is 13.8. The van der Waals surface area contributed by atoms with Gasteiger partial charge in [-0.15, -0.1) is 0 Å². The van der Waals surface area contributed by atoms with Crippen molar-refractivity contribution in [1.82, 2.24) is 14.9 Å². The van der Waals surface area contributed by atoms with Crippen molar-refractivity contribution in [2.24, 2.45) is 0 Å². The number of halogens is 3. The lowest BCUT2D eigenvalue weighted by Gasteiger charge is -2.36. The molecule has 7 nitrogen and oxygen atoms in total. The minimum absolute atomic E-state index is 0.0324. The maximum Gasteiger partial charge on any atom is 0.417 e. The molecule has 1 fully saturated rings. The summed E-state index contributed by atoms with van der Waals surface area (Å²) in [5, 5.41) is 11.0. The van der Waals surface area contributed by atoms with Gasteiger partial charge in [0, 0.05) is 28.8 Å². The van der Waals surface area contributed by atoms with E-state index < -0.39 is 17.8 Å². The van der Waals surface area contributed by atoms with Gasteiger partial charge in [0.15, 0.2) is 0 Å². The highest BCUT2D eigenvalue weighted by Gasteiger charge is 2.33. The SMILES string of the molecule is CC1OCc2c1c(N)nc1ccc(C(=O)N(Cc3ccc(C(F)(F)F)cn3)C3CCCC(O)C3)cc21. The zero-order valence-electron chi connectivity index (χ0n) is 19.8. The van der Waals surface area contributed by atoms with Crippen LogP contribution in [0.2, 0.25) is 0 Å². The normalized spacial score (nSPS) is 22.0. The first kappa shape index (κ1) is 24.5. The molecule has 1 saturated carbocycles. The zero-order chi connectivity index (χ0) is 25.6. The quantitative estimate of drug-likeness (QED) is 0.535. The van der Waals surface area contributed by atoms with Crippen LogP contribution in [-0.4, -0.2) is 38.0 Å². The molecule has 1 aliphatic heterocycles. The molecular formula is C26H27F3N4O3. The molecule has 3 unspecified atom stereocenters. The molecule has 3 atom stereocenters. The Hall–Kier alpha value is -3.24. The van der Waals surface area contributed by atoms with E-state index in [0.29, 0.717) is 48.5 Å². The highest BCUT2D eigenvalue weighted by Crippen LogP contribution is 2.38. The number of aliphatic hydroxyl groups is 1. The molecule has 5 rings (SSSR count). The Morgan fingerprint density at radius 3 is 2.75 bits per heavy atom. The van der Waals surface area contributed by atoms with Crippen LogP contribution in [0.25, 0.3) is 10.9 Å². The van der Waals surface area contributed by atoms with Crippen LogP contribution in [0.5, 0.6) is 0 Å². The summed E-state index contributed by atoms with van der Waals surface area (Å²) in [6.45, 7) is 2.30. The molecule has 0 radical (unpaired) electrons. The molecule has 0 spiro atoms. The van der Waals surface area contributed by atoms with Gasteiger partial charge >= 0.3 is 6.18 Å². The predicted octanol–water partition coefficient (Wildman–Crippen LogP) is 4.77. The Morgan fingerprint density at radius 2 is 2.06 bits per heavy atom. The van der Waals surface area contributed by atoms with Crippen LogP contribution in [-0.2, 0) is 24.1 Å². The molecule has 10 heteroatoms. The Kier molecular flexibility index (Phi) is 6.34. The summed E-state index contributed by atoms with van der Waals surface area (Å²) in [6.07, 6.45) is -1.94. The van der Waals surface area contributed by atoms with Crippen LogP contribution in [0.3, 0.4) is 0 Å². The molecule has 0 saturated heterocycles. The van der Waals surface area contributed by atoms with Gasteiger partial charge in [0.2, 0.25) is 0 Å². The maximum atomic E-state index is 13.8. The summed E-state index contributed by atoms with van der Waals surface area (Å²) in [6, 6.07) is 7.19. The number of carbonyl (C=O) groups is 1. The fourth-order valence-electron chi connectivity index (χ4n) is 5.21. The van der Waals surface area contributed by atoms with Crippen LogP contribution in [0, 0.1) is 0 Å². The number of hydrogen-bond donors (Lipinski definition) is 2. The van der Waals surface area contributed by atoms with Crippen LogP contribution >= 0.6 is 0 Å². The predicted molar refractivity (Wildman–Crippen MR) is 127 cm³/mol. The monoisotopic (exact) mass is 500 g/mol. The summed E-state index contributed by atoms with van der Waals surface area (Å²) in [5.41, 5.74) is 8.45. The van der Waals surface area contributed by atoms with Gasteiger partial charge in [0.05, 0.1) is 42.1 Å². The number of aromatic nitrogens is 2. The van der Waals surface area contributed by atoms with E-state index in [0.717, 1.165) is 35.2 Å². The minimum atomic E-state index is -4.49. The number of amides is 1. The van der Waals surface area contributed by atoms with Crippen molar-refractivity contribution in [3.63, 3.8) is 0 Å². The summed E-state index contributed by atoms with van der Waals surface area (Å²) < 4.78 is 44.7. The Bertz CT molecular complexity index is 1300. The van der Waals surface area contributed by atoms with E-state index in [2.05, 4.69) is 9.97 Å². The lowest BCUT2D eigenvalue weighted by atomic mass is 9.91. The molecule has 0 bridgehead atoms. The van der Waals surface area contributed by atoms with Crippen molar-refractivity contribution in [3.8, 4) is 0 Å². The number of anilines is 1. The number of fused-ring (bicyclic) bond motifs is 3. The lowest BCUT2D eigenvalue weighted by molar-refractivity contribution is -0.137. The second-order valence-corrected chi connectivity index (χ2v) is 9.52. The van der Waals surface area contributed by atoms with Gasteiger partial charge in [-0.25, -0.2) is 4.98 Å². The van der Waals surface area contributed by atoms with Gasteiger partial charge in [-0.1, -0.05) is 0 Å². The number of hydrogen-bond acceptors (Lipinski definition) is 6. The molecule has 1 aliphatic carbocycles. The minimum Gasteiger partial charge on any atom is -0.393 e. The molecule has 190 valence electrons. The average Bonchev–Trinajstić information content (AvgIpc) is 3.24. The molecular weight excluding hydrogens is 473 g/mol. The van der Waals surface area contributed by atoms with Crippen molar-refractivity contribution in [1.29, 1.82) is 0 Å². The zero-order valence-corrected chi connectivity index (χ0v) is 19.8. The van der Waals surface area contributed by atoms with Gasteiger partial charge in [0.25, 0.3) is 5.91 Å². The third-order valence-corrected chi connectivity index (χ3v) is 7.10. The van der Waals surface area contributed by atoms with Crippen LogP contribution in [0.15, 0.2) is 36.5 Å². The molecule has 36 heavy (non-hydrogen) atoms. The van der Waals surface area contributed by atoms with Crippen molar-refractivity contribution in [2.75, 3.05) is 5.73 Å². The van der Waals surface area contributed by atoms with Crippen molar-refractivity contribution < 1.29 is 27.8 Å². The number of nitrogen functional groups attached to an aromatic ring is 1. The number of rotatable bonds is 4. The van der Waals surface area contributed by atoms with Crippen LogP contribution < -0.4 is 5.73 Å². The van der Waals surface area contributed by atoms with Crippen molar-refractivity contribution in [2.45, 2.75) is 70.2 Å². The lowest BCUT2D eigenvalue weighted by Crippen LogP contribution is -2.43. The summed E-state index contributed by atoms with van der Waals surface area (Å²) in [5.74, 6) is 0.128. The van der Waals surface area contributed by atoms with Crippen LogP contribution in [0.1, 0.15) is 71.5 Å². The fraction of sp³-hybridized carbons (Fsp3) is 0.423. The van der Waals surface area contributed by atoms with Crippen molar-refractivity contribution >= 4 is 22.6 Å². The van der Waals surface area contributed by atoms with Crippen molar-refractivity contribution in [3.05, 3.63) is 64.5 Å². The van der Waals surface area contributed by atoms with E-state index >= 15 is 0 Å². The van der Waals surface area contributed by atoms with E-state index in [9.17, 15) is 23.1 Å². The second-order valence-electron chi connectivity index (χ2n) is 9.52. The summed E-state index contributed by atoms with van der Waals surface area (Å²) in [4.78, 5) is 23.9. The third kappa shape index (κ3) is 4.62. The van der Waals surface area contributed by atoms with Gasteiger partial charge in [-0.3, -0.25) is 9.78 Å². The van der Waals surface area contributed by atoms with E-state index in [1.807, 2.05) is 6.92 Å². The largest absolute Gasteiger partial charge is 0.417 e. The number of carbonyl (C=O) groups excluding carboxylic acids is 1. The number of alkyl halides is 3. The number of benzene rings is 1. The third-order valence-electron chi connectivity index (χ3n) is 7.10. The Balaban J connectivity index is 1.50. The van der Waals surface area contributed by atoms with Gasteiger partial charge in [-0.2, -0.15) is 13.2 Å². The van der Waals surface area contributed by atoms with Gasteiger partial charge in [-0.05, 0) is 68.5 Å². The Morgan fingerprint density at radius 1 is 1.25 bits per heavy atom. The second kappa shape index (κ2) is 9.33. The molecule has 1 aromatic carbocycles.